The molecule has 0 fully saturated rings. The molecule has 0 N–H and O–H groups in total. The third-order valence-electron chi connectivity index (χ3n) is 6.59. The van der Waals surface area contributed by atoms with E-state index in [1.165, 1.54) is 36.4 Å². The Balaban J connectivity index is 1.53. The van der Waals surface area contributed by atoms with Crippen LogP contribution in [0.2, 0.25) is 0 Å². The van der Waals surface area contributed by atoms with Gasteiger partial charge in [0.05, 0.1) is 56.0 Å². The minimum absolute atomic E-state index is 0.00355. The second kappa shape index (κ2) is 20.0. The number of hydrogen-bond donors (Lipinski definition) is 0. The van der Waals surface area contributed by atoms with Gasteiger partial charge in [0.1, 0.15) is 42.4 Å². The van der Waals surface area contributed by atoms with Crippen molar-refractivity contribution in [3.05, 3.63) is 82.9 Å². The van der Waals surface area contributed by atoms with Crippen LogP contribution in [0.5, 0.6) is 11.5 Å². The first kappa shape index (κ1) is 40.4. The molecule has 274 valence electrons. The summed E-state index contributed by atoms with van der Waals surface area (Å²) in [5, 5.41) is 0. The van der Waals surface area contributed by atoms with Crippen LogP contribution in [-0.2, 0) is 47.5 Å². The Morgan fingerprint density at radius 2 is 0.860 bits per heavy atom. The van der Waals surface area contributed by atoms with E-state index < -0.39 is 32.2 Å². The largest absolute Gasteiger partial charge is 0.490 e. The molecule has 0 spiro atoms. The maximum Gasteiger partial charge on any atom is 0.342 e. The molecule has 3 aromatic carbocycles. The Morgan fingerprint density at radius 3 is 1.26 bits per heavy atom. The van der Waals surface area contributed by atoms with Crippen molar-refractivity contribution in [1.29, 1.82) is 0 Å². The first-order valence-electron chi connectivity index (χ1n) is 15.7. The van der Waals surface area contributed by atoms with Gasteiger partial charge in [-0.3, -0.25) is 8.37 Å². The summed E-state index contributed by atoms with van der Waals surface area (Å²) in [6.45, 7) is 6.56. The first-order valence-corrected chi connectivity index (χ1v) is 18.5. The van der Waals surface area contributed by atoms with Gasteiger partial charge in [0.15, 0.2) is 0 Å². The Labute approximate surface area is 292 Å². The molecule has 3 aromatic rings. The topological polar surface area (TPSA) is 176 Å². The number of esters is 2. The van der Waals surface area contributed by atoms with E-state index in [0.29, 0.717) is 0 Å². The molecule has 0 atom stereocenters. The monoisotopic (exact) mass is 738 g/mol. The number of carbonyl (C=O) groups is 2. The van der Waals surface area contributed by atoms with Crippen LogP contribution in [0.1, 0.15) is 45.7 Å². The van der Waals surface area contributed by atoms with Crippen molar-refractivity contribution in [2.75, 3.05) is 66.1 Å². The quantitative estimate of drug-likeness (QED) is 0.0812. The summed E-state index contributed by atoms with van der Waals surface area (Å²) >= 11 is 0. The van der Waals surface area contributed by atoms with Gasteiger partial charge in [0, 0.05) is 0 Å². The van der Waals surface area contributed by atoms with Crippen LogP contribution in [0, 0.1) is 13.8 Å². The van der Waals surface area contributed by atoms with E-state index in [0.717, 1.165) is 11.1 Å². The zero-order chi connectivity index (χ0) is 36.6. The van der Waals surface area contributed by atoms with Crippen LogP contribution < -0.4 is 9.47 Å². The Morgan fingerprint density at radius 1 is 0.520 bits per heavy atom. The Hall–Kier alpha value is -4.06. The molecule has 0 aliphatic heterocycles. The summed E-state index contributed by atoms with van der Waals surface area (Å²) in [6, 6.07) is 15.0. The maximum atomic E-state index is 12.8. The number of aryl methyl sites for hydroxylation is 2. The van der Waals surface area contributed by atoms with Gasteiger partial charge in [-0.2, -0.15) is 16.8 Å². The molecular weight excluding hydrogens is 696 g/mol. The summed E-state index contributed by atoms with van der Waals surface area (Å²) in [5.41, 5.74) is 1.69. The van der Waals surface area contributed by atoms with E-state index in [1.807, 2.05) is 13.8 Å². The lowest BCUT2D eigenvalue weighted by Gasteiger charge is -2.17. The van der Waals surface area contributed by atoms with Crippen LogP contribution in [0.4, 0.5) is 0 Å². The van der Waals surface area contributed by atoms with Crippen molar-refractivity contribution in [3.63, 3.8) is 0 Å². The molecule has 0 saturated carbocycles. The van der Waals surface area contributed by atoms with Crippen molar-refractivity contribution in [2.24, 2.45) is 0 Å². The number of benzene rings is 3. The number of ether oxygens (including phenoxy) is 6. The van der Waals surface area contributed by atoms with Crippen LogP contribution in [0.15, 0.2) is 70.5 Å². The molecule has 3 rings (SSSR count). The SMILES string of the molecule is CCOC(=O)c1cc(OCCOS(=O)(=O)c2ccc(C)cc2)c(C(=O)OCC)cc1OCCOCCOCCOS(=O)(=O)c1ccc(C)cc1. The van der Waals surface area contributed by atoms with Crippen molar-refractivity contribution in [3.8, 4) is 11.5 Å². The fraction of sp³-hybridized carbons (Fsp3) is 0.412. The number of hydrogen-bond acceptors (Lipinski definition) is 14. The lowest BCUT2D eigenvalue weighted by molar-refractivity contribution is 0.0275. The zero-order valence-corrected chi connectivity index (χ0v) is 30.0. The van der Waals surface area contributed by atoms with Crippen molar-refractivity contribution in [1.82, 2.24) is 0 Å². The molecular formula is C34H42O14S2. The average Bonchev–Trinajstić information content (AvgIpc) is 3.08. The smallest absolute Gasteiger partial charge is 0.342 e. The molecule has 0 aromatic heterocycles. The van der Waals surface area contributed by atoms with Crippen molar-refractivity contribution >= 4 is 32.2 Å². The number of carbonyl (C=O) groups excluding carboxylic acids is 2. The van der Waals surface area contributed by atoms with E-state index >= 15 is 0 Å². The standard InChI is InChI=1S/C34H42O14S2/c1-5-43-33(35)29-24-32(46-20-22-48-50(39,40)28-13-9-26(4)10-14-28)30(34(36)44-6-2)23-31(29)45-19-17-41-15-16-42-18-21-47-49(37,38)27-11-7-25(3)8-12-27/h7-14,23-24H,5-6,15-22H2,1-4H3. The molecule has 0 heterocycles. The van der Waals surface area contributed by atoms with E-state index in [-0.39, 0.29) is 98.5 Å². The molecule has 0 aliphatic rings. The molecule has 0 unspecified atom stereocenters. The van der Waals surface area contributed by atoms with Crippen LogP contribution >= 0.6 is 0 Å². The molecule has 0 radical (unpaired) electrons. The predicted octanol–water partition coefficient (Wildman–Crippen LogP) is 4.26. The third kappa shape index (κ3) is 12.7. The van der Waals surface area contributed by atoms with Gasteiger partial charge in [0.25, 0.3) is 20.2 Å². The number of rotatable bonds is 22. The van der Waals surface area contributed by atoms with Crippen molar-refractivity contribution < 1.29 is 63.2 Å². The lowest BCUT2D eigenvalue weighted by Crippen LogP contribution is -2.17. The molecule has 14 nitrogen and oxygen atoms in total. The first-order chi connectivity index (χ1) is 23.9. The van der Waals surface area contributed by atoms with E-state index in [4.69, 9.17) is 36.8 Å². The van der Waals surface area contributed by atoms with Crippen LogP contribution in [-0.4, -0.2) is 94.8 Å². The average molecular weight is 739 g/mol. The highest BCUT2D eigenvalue weighted by Crippen LogP contribution is 2.31. The summed E-state index contributed by atoms with van der Waals surface area (Å²) in [6.07, 6.45) is 0. The van der Waals surface area contributed by atoms with E-state index in [2.05, 4.69) is 0 Å². The lowest BCUT2D eigenvalue weighted by atomic mass is 10.1. The van der Waals surface area contributed by atoms with E-state index in [9.17, 15) is 26.4 Å². The second-order valence-electron chi connectivity index (χ2n) is 10.4. The van der Waals surface area contributed by atoms with E-state index in [1.54, 1.807) is 38.1 Å². The van der Waals surface area contributed by atoms with Crippen molar-refractivity contribution in [2.45, 2.75) is 37.5 Å². The Kier molecular flexibility index (Phi) is 16.1. The maximum absolute atomic E-state index is 12.8. The third-order valence-corrected chi connectivity index (χ3v) is 9.25. The highest BCUT2D eigenvalue weighted by atomic mass is 32.2. The molecule has 16 heteroatoms. The molecule has 0 amide bonds. The summed E-state index contributed by atoms with van der Waals surface area (Å²) < 4.78 is 92.1. The predicted molar refractivity (Wildman–Crippen MR) is 180 cm³/mol. The molecule has 0 bridgehead atoms. The van der Waals surface area contributed by atoms with Gasteiger partial charge in [0.2, 0.25) is 0 Å². The summed E-state index contributed by atoms with van der Waals surface area (Å²) in [4.78, 5) is 25.7. The van der Waals surface area contributed by atoms with Crippen LogP contribution in [0.3, 0.4) is 0 Å². The fourth-order valence-corrected chi connectivity index (χ4v) is 5.90. The molecule has 50 heavy (non-hydrogen) atoms. The minimum Gasteiger partial charge on any atom is -0.490 e. The minimum atomic E-state index is -4.05. The second-order valence-corrected chi connectivity index (χ2v) is 13.6. The van der Waals surface area contributed by atoms with Gasteiger partial charge in [-0.25, -0.2) is 9.59 Å². The van der Waals surface area contributed by atoms with Crippen LogP contribution in [0.25, 0.3) is 0 Å². The van der Waals surface area contributed by atoms with Gasteiger partial charge in [-0.15, -0.1) is 0 Å². The van der Waals surface area contributed by atoms with Gasteiger partial charge in [-0.1, -0.05) is 35.4 Å². The summed E-state index contributed by atoms with van der Waals surface area (Å²) in [7, 11) is -7.94. The highest BCUT2D eigenvalue weighted by Gasteiger charge is 2.24. The normalized spacial score (nSPS) is 11.6. The Bertz CT molecular complexity index is 1750. The van der Waals surface area contributed by atoms with Gasteiger partial charge in [-0.05, 0) is 64.1 Å². The van der Waals surface area contributed by atoms with Gasteiger partial charge >= 0.3 is 11.9 Å². The molecule has 0 saturated heterocycles. The fourth-order valence-electron chi connectivity index (χ4n) is 4.11. The summed E-state index contributed by atoms with van der Waals surface area (Å²) in [5.74, 6) is -1.58. The van der Waals surface area contributed by atoms with Gasteiger partial charge < -0.3 is 28.4 Å². The zero-order valence-electron chi connectivity index (χ0n) is 28.4. The molecule has 0 aliphatic carbocycles. The highest BCUT2D eigenvalue weighted by molar-refractivity contribution is 7.87.